The van der Waals surface area contributed by atoms with Crippen LogP contribution < -0.4 is 0 Å². The molecule has 1 fully saturated rings. The second kappa shape index (κ2) is 9.77. The molecule has 0 atom stereocenters. The molecule has 0 unspecified atom stereocenters. The van der Waals surface area contributed by atoms with Crippen LogP contribution in [0.3, 0.4) is 0 Å². The number of hydrogen-bond donors (Lipinski definition) is 0. The summed E-state index contributed by atoms with van der Waals surface area (Å²) in [5, 5.41) is 2.00. The van der Waals surface area contributed by atoms with E-state index in [2.05, 4.69) is 24.1 Å². The lowest BCUT2D eigenvalue weighted by Gasteiger charge is -2.25. The number of aliphatic imine (C=N–C) groups is 1. The number of fused-ring (bicyclic) bond motifs is 1. The highest BCUT2D eigenvalue weighted by Gasteiger charge is 2.22. The molecule has 0 radical (unpaired) electrons. The van der Waals surface area contributed by atoms with E-state index in [0.29, 0.717) is 18.2 Å². The standard InChI is InChI=1S/C25H31N3O2S/c1-3-27(20-11-7-8-18(2)14-20)24(29)17-28-21-12-13-31-23(21)15-22(28)25(30)26-16-19-9-5-4-6-10-19/h11-16,19H,3-10,17H2,1-2H3/b26-16+. The maximum Gasteiger partial charge on any atom is 0.293 e. The van der Waals surface area contributed by atoms with Gasteiger partial charge in [0, 0.05) is 18.5 Å². The number of carbonyl (C=O) groups excluding carboxylic acids is 2. The van der Waals surface area contributed by atoms with Crippen molar-refractivity contribution >= 4 is 39.6 Å². The summed E-state index contributed by atoms with van der Waals surface area (Å²) in [6.45, 7) is 4.84. The van der Waals surface area contributed by atoms with E-state index >= 15 is 0 Å². The number of amides is 2. The summed E-state index contributed by atoms with van der Waals surface area (Å²) < 4.78 is 2.86. The lowest BCUT2D eigenvalue weighted by atomic mass is 9.90. The van der Waals surface area contributed by atoms with Crippen molar-refractivity contribution in [2.24, 2.45) is 10.9 Å². The Balaban J connectivity index is 1.57. The van der Waals surface area contributed by atoms with Gasteiger partial charge in [0.05, 0.1) is 10.2 Å². The van der Waals surface area contributed by atoms with Crippen molar-refractivity contribution in [1.82, 2.24) is 9.47 Å². The van der Waals surface area contributed by atoms with Crippen LogP contribution in [0.2, 0.25) is 0 Å². The molecule has 4 rings (SSSR count). The first-order chi connectivity index (χ1) is 15.1. The molecule has 2 amide bonds. The molecule has 1 saturated carbocycles. The van der Waals surface area contributed by atoms with E-state index in [4.69, 9.17) is 0 Å². The van der Waals surface area contributed by atoms with Crippen molar-refractivity contribution in [3.05, 3.63) is 46.6 Å². The molecule has 0 aromatic carbocycles. The normalized spacial score (nSPS) is 17.7. The summed E-state index contributed by atoms with van der Waals surface area (Å²) in [6, 6.07) is 3.86. The molecular formula is C25H31N3O2S. The Morgan fingerprint density at radius 3 is 2.84 bits per heavy atom. The molecule has 2 aromatic heterocycles. The highest BCUT2D eigenvalue weighted by Crippen LogP contribution is 2.27. The first kappa shape index (κ1) is 21.8. The van der Waals surface area contributed by atoms with Gasteiger partial charge in [0.2, 0.25) is 5.91 Å². The van der Waals surface area contributed by atoms with Crippen LogP contribution in [0.1, 0.15) is 69.3 Å². The summed E-state index contributed by atoms with van der Waals surface area (Å²) in [7, 11) is 0. The van der Waals surface area contributed by atoms with Crippen molar-refractivity contribution in [2.75, 3.05) is 6.54 Å². The Kier molecular flexibility index (Phi) is 6.86. The van der Waals surface area contributed by atoms with E-state index in [9.17, 15) is 9.59 Å². The fraction of sp³-hybridized carbons (Fsp3) is 0.480. The molecule has 5 nitrogen and oxygen atoms in total. The lowest BCUT2D eigenvalue weighted by molar-refractivity contribution is -0.129. The maximum atomic E-state index is 13.3. The number of rotatable bonds is 6. The number of aromatic nitrogens is 1. The lowest BCUT2D eigenvalue weighted by Crippen LogP contribution is -2.33. The van der Waals surface area contributed by atoms with Crippen molar-refractivity contribution in [3.8, 4) is 0 Å². The molecule has 0 aliphatic heterocycles. The average molecular weight is 438 g/mol. The zero-order chi connectivity index (χ0) is 21.8. The van der Waals surface area contributed by atoms with Gasteiger partial charge in [-0.3, -0.25) is 9.59 Å². The third-order valence-corrected chi connectivity index (χ3v) is 7.16. The van der Waals surface area contributed by atoms with Gasteiger partial charge >= 0.3 is 0 Å². The Morgan fingerprint density at radius 2 is 2.10 bits per heavy atom. The fourth-order valence-corrected chi connectivity index (χ4v) is 5.41. The second-order valence-corrected chi connectivity index (χ2v) is 9.51. The van der Waals surface area contributed by atoms with Crippen molar-refractivity contribution in [2.45, 2.75) is 65.3 Å². The molecule has 2 aliphatic rings. The molecular weight excluding hydrogens is 406 g/mol. The summed E-state index contributed by atoms with van der Waals surface area (Å²) >= 11 is 1.58. The van der Waals surface area contributed by atoms with Crippen LogP contribution in [-0.4, -0.2) is 34.0 Å². The predicted molar refractivity (Wildman–Crippen MR) is 128 cm³/mol. The Bertz CT molecular complexity index is 1050. The van der Waals surface area contributed by atoms with Gasteiger partial charge in [-0.05, 0) is 69.0 Å². The summed E-state index contributed by atoms with van der Waals surface area (Å²) in [6.07, 6.45) is 14.0. The first-order valence-electron chi connectivity index (χ1n) is 11.4. The third-order valence-electron chi connectivity index (χ3n) is 6.30. The highest BCUT2D eigenvalue weighted by atomic mass is 32.1. The van der Waals surface area contributed by atoms with Gasteiger partial charge in [-0.2, -0.15) is 0 Å². The van der Waals surface area contributed by atoms with Gasteiger partial charge in [0.1, 0.15) is 12.2 Å². The highest BCUT2D eigenvalue weighted by molar-refractivity contribution is 7.17. The second-order valence-electron chi connectivity index (χ2n) is 8.56. The minimum absolute atomic E-state index is 0.00582. The monoisotopic (exact) mass is 437 g/mol. The van der Waals surface area contributed by atoms with Crippen molar-refractivity contribution < 1.29 is 9.59 Å². The Labute approximate surface area is 188 Å². The van der Waals surface area contributed by atoms with Crippen LogP contribution >= 0.6 is 11.3 Å². The van der Waals surface area contributed by atoms with Gasteiger partial charge in [-0.15, -0.1) is 11.3 Å². The smallest absolute Gasteiger partial charge is 0.293 e. The van der Waals surface area contributed by atoms with E-state index in [-0.39, 0.29) is 18.4 Å². The number of allylic oxidation sites excluding steroid dienone is 3. The van der Waals surface area contributed by atoms with Crippen LogP contribution in [0.4, 0.5) is 0 Å². The van der Waals surface area contributed by atoms with Crippen LogP contribution in [0.15, 0.2) is 45.9 Å². The number of carbonyl (C=O) groups is 2. The molecule has 0 saturated heterocycles. The number of likely N-dealkylation sites (N-methyl/N-ethyl adjacent to an activating group) is 1. The third kappa shape index (κ3) is 4.90. The number of hydrogen-bond acceptors (Lipinski definition) is 3. The number of nitrogens with zero attached hydrogens (tertiary/aromatic N) is 3. The first-order valence-corrected chi connectivity index (χ1v) is 12.3. The van der Waals surface area contributed by atoms with Gasteiger partial charge < -0.3 is 9.47 Å². The average Bonchev–Trinajstić information content (AvgIpc) is 3.36. The molecule has 2 aliphatic carbocycles. The molecule has 164 valence electrons. The maximum absolute atomic E-state index is 13.3. The van der Waals surface area contributed by atoms with E-state index in [1.165, 1.54) is 24.8 Å². The largest absolute Gasteiger partial charge is 0.326 e. The fourth-order valence-electron chi connectivity index (χ4n) is 4.59. The zero-order valence-electron chi connectivity index (χ0n) is 18.5. The molecule has 0 N–H and O–H groups in total. The Hall–Kier alpha value is -2.47. The molecule has 31 heavy (non-hydrogen) atoms. The molecule has 2 heterocycles. The molecule has 0 spiro atoms. The van der Waals surface area contributed by atoms with E-state index in [0.717, 1.165) is 41.6 Å². The SMILES string of the molecule is CCN(C(=O)Cn1c(C(=O)/N=C/C2CCCCC2)cc2sccc21)C1=CCCC(C)=C1. The van der Waals surface area contributed by atoms with Crippen molar-refractivity contribution in [3.63, 3.8) is 0 Å². The summed E-state index contributed by atoms with van der Waals surface area (Å²) in [5.41, 5.74) is 3.68. The van der Waals surface area contributed by atoms with Gasteiger partial charge in [-0.1, -0.05) is 30.9 Å². The molecule has 2 aromatic rings. The van der Waals surface area contributed by atoms with E-state index < -0.39 is 0 Å². The van der Waals surface area contributed by atoms with Crippen LogP contribution in [-0.2, 0) is 11.3 Å². The molecule has 6 heteroatoms. The van der Waals surface area contributed by atoms with Gasteiger partial charge in [0.15, 0.2) is 0 Å². The topological polar surface area (TPSA) is 54.7 Å². The molecule has 0 bridgehead atoms. The minimum atomic E-state index is -0.252. The van der Waals surface area contributed by atoms with Gasteiger partial charge in [-0.25, -0.2) is 4.99 Å². The van der Waals surface area contributed by atoms with Crippen molar-refractivity contribution in [1.29, 1.82) is 0 Å². The van der Waals surface area contributed by atoms with Crippen LogP contribution in [0.25, 0.3) is 10.2 Å². The van der Waals surface area contributed by atoms with E-state index in [1.807, 2.05) is 40.1 Å². The summed E-state index contributed by atoms with van der Waals surface area (Å²) in [5.74, 6) is 0.138. The minimum Gasteiger partial charge on any atom is -0.326 e. The van der Waals surface area contributed by atoms with Crippen LogP contribution in [0, 0.1) is 5.92 Å². The van der Waals surface area contributed by atoms with E-state index in [1.54, 1.807) is 11.3 Å². The van der Waals surface area contributed by atoms with Gasteiger partial charge in [0.25, 0.3) is 5.91 Å². The predicted octanol–water partition coefficient (Wildman–Crippen LogP) is 5.97. The Morgan fingerprint density at radius 1 is 1.29 bits per heavy atom. The summed E-state index contributed by atoms with van der Waals surface area (Å²) in [4.78, 5) is 32.4. The quantitative estimate of drug-likeness (QED) is 0.523. The van der Waals surface area contributed by atoms with Crippen LogP contribution in [0.5, 0.6) is 0 Å². The number of thiophene rings is 1. The zero-order valence-corrected chi connectivity index (χ0v) is 19.3.